The van der Waals surface area contributed by atoms with Gasteiger partial charge in [-0.1, -0.05) is 44.2 Å². The molecule has 1 aromatic rings. The second kappa shape index (κ2) is 9.53. The zero-order chi connectivity index (χ0) is 15.7. The normalized spacial score (nSPS) is 12.4. The number of hydrogen-bond acceptors (Lipinski definition) is 3. The average molecular weight is 292 g/mol. The van der Waals surface area contributed by atoms with Crippen LogP contribution in [0, 0.1) is 5.92 Å². The Kier molecular flexibility index (Phi) is 8.01. The third kappa shape index (κ3) is 6.74. The van der Waals surface area contributed by atoms with Gasteiger partial charge in [0.1, 0.15) is 0 Å². The number of carbonyl (C=O) groups excluding carboxylic acids is 1. The second-order valence-corrected chi connectivity index (χ2v) is 5.78. The maximum Gasteiger partial charge on any atom is 0.222 e. The number of benzene rings is 1. The fraction of sp³-hybridized carbons (Fsp3) is 0.588. The largest absolute Gasteiger partial charge is 0.383 e. The van der Waals surface area contributed by atoms with Gasteiger partial charge in [-0.25, -0.2) is 0 Å². The van der Waals surface area contributed by atoms with E-state index in [9.17, 15) is 4.79 Å². The number of methoxy groups -OCH3 is 1. The zero-order valence-corrected chi connectivity index (χ0v) is 13.4. The van der Waals surface area contributed by atoms with Gasteiger partial charge in [0.2, 0.25) is 5.91 Å². The maximum atomic E-state index is 12.3. The number of hydrogen-bond donors (Lipinski definition) is 1. The van der Waals surface area contributed by atoms with Crippen molar-refractivity contribution in [2.45, 2.75) is 32.7 Å². The second-order valence-electron chi connectivity index (χ2n) is 5.78. The molecule has 0 radical (unpaired) electrons. The highest BCUT2D eigenvalue weighted by Gasteiger charge is 2.16. The molecule has 1 amide bonds. The van der Waals surface area contributed by atoms with Crippen molar-refractivity contribution < 1.29 is 9.53 Å². The molecule has 0 bridgehead atoms. The number of rotatable bonds is 9. The van der Waals surface area contributed by atoms with Crippen LogP contribution in [-0.4, -0.2) is 37.6 Å². The highest BCUT2D eigenvalue weighted by atomic mass is 16.5. The fourth-order valence-corrected chi connectivity index (χ4v) is 2.26. The quantitative estimate of drug-likeness (QED) is 0.761. The number of carbonyl (C=O) groups is 1. The summed E-state index contributed by atoms with van der Waals surface area (Å²) in [6, 6.07) is 9.84. The molecule has 0 aliphatic carbocycles. The van der Waals surface area contributed by atoms with Crippen molar-refractivity contribution >= 4 is 5.91 Å². The summed E-state index contributed by atoms with van der Waals surface area (Å²) in [5, 5.41) is 0. The first-order valence-electron chi connectivity index (χ1n) is 7.61. The Morgan fingerprint density at radius 2 is 1.95 bits per heavy atom. The van der Waals surface area contributed by atoms with E-state index in [0.717, 1.165) is 12.1 Å². The van der Waals surface area contributed by atoms with E-state index in [1.807, 2.05) is 35.2 Å². The van der Waals surface area contributed by atoms with Crippen LogP contribution in [0.3, 0.4) is 0 Å². The van der Waals surface area contributed by atoms with Crippen LogP contribution in [-0.2, 0) is 9.53 Å². The maximum absolute atomic E-state index is 12.3. The molecule has 0 aliphatic rings. The molecular weight excluding hydrogens is 264 g/mol. The van der Waals surface area contributed by atoms with E-state index in [2.05, 4.69) is 13.8 Å². The first kappa shape index (κ1) is 17.7. The molecule has 0 aliphatic heterocycles. The van der Waals surface area contributed by atoms with Crippen LogP contribution in [0.15, 0.2) is 30.3 Å². The summed E-state index contributed by atoms with van der Waals surface area (Å²) in [6.45, 7) is 6.21. The molecule has 1 rings (SSSR count). The molecule has 0 aromatic heterocycles. The van der Waals surface area contributed by atoms with Gasteiger partial charge >= 0.3 is 0 Å². The van der Waals surface area contributed by atoms with Crippen LogP contribution in [0.2, 0.25) is 0 Å². The molecule has 118 valence electrons. The Labute approximate surface area is 128 Å². The number of nitrogens with zero attached hydrogens (tertiary/aromatic N) is 1. The van der Waals surface area contributed by atoms with Crippen LogP contribution in [0.5, 0.6) is 0 Å². The Bertz CT molecular complexity index is 407. The minimum Gasteiger partial charge on any atom is -0.383 e. The predicted octanol–water partition coefficient (Wildman–Crippen LogP) is 2.60. The SMILES string of the molecule is COCCN(CC(C)C)C(=O)CCC(N)c1ccccc1. The van der Waals surface area contributed by atoms with Gasteiger partial charge in [-0.2, -0.15) is 0 Å². The lowest BCUT2D eigenvalue weighted by molar-refractivity contribution is -0.132. The van der Waals surface area contributed by atoms with Crippen LogP contribution in [0.4, 0.5) is 0 Å². The van der Waals surface area contributed by atoms with Gasteiger partial charge in [0.05, 0.1) is 6.61 Å². The van der Waals surface area contributed by atoms with Crippen molar-refractivity contribution in [1.29, 1.82) is 0 Å². The highest BCUT2D eigenvalue weighted by molar-refractivity contribution is 5.76. The molecule has 21 heavy (non-hydrogen) atoms. The van der Waals surface area contributed by atoms with Gasteiger partial charge in [-0.15, -0.1) is 0 Å². The summed E-state index contributed by atoms with van der Waals surface area (Å²) in [5.41, 5.74) is 7.23. The topological polar surface area (TPSA) is 55.6 Å². The van der Waals surface area contributed by atoms with Crippen molar-refractivity contribution in [1.82, 2.24) is 4.90 Å². The van der Waals surface area contributed by atoms with Crippen LogP contribution in [0.25, 0.3) is 0 Å². The predicted molar refractivity (Wildman–Crippen MR) is 85.9 cm³/mol. The number of ether oxygens (including phenoxy) is 1. The summed E-state index contributed by atoms with van der Waals surface area (Å²) in [7, 11) is 1.66. The van der Waals surface area contributed by atoms with Gasteiger partial charge in [0.25, 0.3) is 0 Å². The fourth-order valence-electron chi connectivity index (χ4n) is 2.26. The van der Waals surface area contributed by atoms with Gasteiger partial charge in [0.15, 0.2) is 0 Å². The van der Waals surface area contributed by atoms with Gasteiger partial charge in [-0.3, -0.25) is 4.79 Å². The van der Waals surface area contributed by atoms with Gasteiger partial charge in [0, 0.05) is 32.7 Å². The van der Waals surface area contributed by atoms with E-state index in [4.69, 9.17) is 10.5 Å². The van der Waals surface area contributed by atoms with Gasteiger partial charge < -0.3 is 15.4 Å². The molecule has 1 unspecified atom stereocenters. The van der Waals surface area contributed by atoms with E-state index in [1.165, 1.54) is 0 Å². The smallest absolute Gasteiger partial charge is 0.222 e. The van der Waals surface area contributed by atoms with Gasteiger partial charge in [-0.05, 0) is 17.9 Å². The summed E-state index contributed by atoms with van der Waals surface area (Å²) in [5.74, 6) is 0.612. The average Bonchev–Trinajstić information content (AvgIpc) is 2.49. The lowest BCUT2D eigenvalue weighted by Crippen LogP contribution is -2.37. The van der Waals surface area contributed by atoms with Crippen molar-refractivity contribution in [3.05, 3.63) is 35.9 Å². The molecule has 0 saturated carbocycles. The third-order valence-corrected chi connectivity index (χ3v) is 3.40. The third-order valence-electron chi connectivity index (χ3n) is 3.40. The Hall–Kier alpha value is -1.39. The summed E-state index contributed by atoms with van der Waals surface area (Å²) in [4.78, 5) is 14.2. The minimum atomic E-state index is -0.0847. The molecule has 0 spiro atoms. The molecule has 0 saturated heterocycles. The van der Waals surface area contributed by atoms with Crippen molar-refractivity contribution in [3.63, 3.8) is 0 Å². The van der Waals surface area contributed by atoms with E-state index in [-0.39, 0.29) is 11.9 Å². The highest BCUT2D eigenvalue weighted by Crippen LogP contribution is 2.16. The van der Waals surface area contributed by atoms with Crippen LogP contribution >= 0.6 is 0 Å². The van der Waals surface area contributed by atoms with Crippen LogP contribution < -0.4 is 5.73 Å². The van der Waals surface area contributed by atoms with Crippen molar-refractivity contribution in [2.75, 3.05) is 26.8 Å². The van der Waals surface area contributed by atoms with E-state index in [1.54, 1.807) is 7.11 Å². The van der Waals surface area contributed by atoms with Crippen molar-refractivity contribution in [3.8, 4) is 0 Å². The zero-order valence-electron chi connectivity index (χ0n) is 13.4. The Balaban J connectivity index is 2.48. The molecule has 1 aromatic carbocycles. The van der Waals surface area contributed by atoms with E-state index < -0.39 is 0 Å². The molecule has 0 heterocycles. The monoisotopic (exact) mass is 292 g/mol. The molecule has 2 N–H and O–H groups in total. The Morgan fingerprint density at radius 3 is 2.52 bits per heavy atom. The molecule has 0 fully saturated rings. The van der Waals surface area contributed by atoms with E-state index >= 15 is 0 Å². The number of amides is 1. The van der Waals surface area contributed by atoms with Crippen LogP contribution in [0.1, 0.15) is 38.3 Å². The molecular formula is C17H28N2O2. The molecule has 1 atom stereocenters. The molecule has 4 nitrogen and oxygen atoms in total. The summed E-state index contributed by atoms with van der Waals surface area (Å²) < 4.78 is 5.08. The molecule has 4 heteroatoms. The van der Waals surface area contributed by atoms with E-state index in [0.29, 0.717) is 31.9 Å². The number of nitrogens with two attached hydrogens (primary N) is 1. The first-order chi connectivity index (χ1) is 10.0. The lowest BCUT2D eigenvalue weighted by atomic mass is 10.0. The summed E-state index contributed by atoms with van der Waals surface area (Å²) in [6.07, 6.45) is 1.15. The Morgan fingerprint density at radius 1 is 1.29 bits per heavy atom. The summed E-state index contributed by atoms with van der Waals surface area (Å²) >= 11 is 0. The lowest BCUT2D eigenvalue weighted by Gasteiger charge is -2.25. The standard InChI is InChI=1S/C17H28N2O2/c1-14(2)13-19(11-12-21-3)17(20)10-9-16(18)15-7-5-4-6-8-15/h4-8,14,16H,9-13,18H2,1-3H3. The van der Waals surface area contributed by atoms with Crippen molar-refractivity contribution in [2.24, 2.45) is 11.7 Å². The minimum absolute atomic E-state index is 0.0847. The first-order valence-corrected chi connectivity index (χ1v) is 7.61.